The van der Waals surface area contributed by atoms with Crippen molar-refractivity contribution in [2.24, 2.45) is 0 Å². The van der Waals surface area contributed by atoms with Crippen molar-refractivity contribution in [3.8, 4) is 11.9 Å². The van der Waals surface area contributed by atoms with Gasteiger partial charge in [-0.05, 0) is 26.0 Å². The molecule has 0 unspecified atom stereocenters. The van der Waals surface area contributed by atoms with Gasteiger partial charge in [0.1, 0.15) is 18.2 Å². The van der Waals surface area contributed by atoms with E-state index in [0.29, 0.717) is 5.56 Å². The molecule has 0 radical (unpaired) electrons. The first-order valence-electron chi connectivity index (χ1n) is 8.85. The van der Waals surface area contributed by atoms with Crippen molar-refractivity contribution in [1.29, 1.82) is 5.26 Å². The molecule has 136 valence electrons. The molecule has 1 aliphatic rings. The fraction of sp³-hybridized carbons (Fsp3) is 0.316. The van der Waals surface area contributed by atoms with Crippen LogP contribution in [0.3, 0.4) is 0 Å². The van der Waals surface area contributed by atoms with Crippen molar-refractivity contribution in [3.63, 3.8) is 0 Å². The fourth-order valence-corrected chi connectivity index (χ4v) is 3.40. The number of aromatic nitrogens is 5. The lowest BCUT2D eigenvalue weighted by atomic mass is 10.2. The van der Waals surface area contributed by atoms with Gasteiger partial charge in [0.2, 0.25) is 0 Å². The van der Waals surface area contributed by atoms with Crippen molar-refractivity contribution >= 4 is 11.5 Å². The molecule has 0 N–H and O–H groups in total. The highest BCUT2D eigenvalue weighted by molar-refractivity contribution is 5.58. The smallest absolute Gasteiger partial charge is 0.159 e. The summed E-state index contributed by atoms with van der Waals surface area (Å²) < 4.78 is 1.84. The van der Waals surface area contributed by atoms with Gasteiger partial charge in [-0.3, -0.25) is 4.98 Å². The number of rotatable bonds is 3. The third kappa shape index (κ3) is 3.31. The van der Waals surface area contributed by atoms with Crippen LogP contribution >= 0.6 is 0 Å². The van der Waals surface area contributed by atoms with Gasteiger partial charge in [-0.1, -0.05) is 0 Å². The number of anilines is 2. The molecule has 0 spiro atoms. The summed E-state index contributed by atoms with van der Waals surface area (Å²) in [5.74, 6) is 1.66. The van der Waals surface area contributed by atoms with Crippen LogP contribution in [-0.4, -0.2) is 50.9 Å². The summed E-state index contributed by atoms with van der Waals surface area (Å²) in [5.41, 5.74) is 3.56. The number of aryl methyl sites for hydroxylation is 2. The highest BCUT2D eigenvalue weighted by Gasteiger charge is 2.21. The fourth-order valence-electron chi connectivity index (χ4n) is 3.40. The van der Waals surface area contributed by atoms with Crippen LogP contribution in [0.1, 0.15) is 17.0 Å². The summed E-state index contributed by atoms with van der Waals surface area (Å²) in [6.07, 6.45) is 5.00. The average molecular weight is 360 g/mol. The van der Waals surface area contributed by atoms with Gasteiger partial charge in [-0.25, -0.2) is 14.6 Å². The van der Waals surface area contributed by atoms with Gasteiger partial charge in [0.05, 0.1) is 23.1 Å². The Kier molecular flexibility index (Phi) is 4.42. The number of hydrogen-bond donors (Lipinski definition) is 0. The molecule has 1 aliphatic heterocycles. The maximum Gasteiger partial charge on any atom is 0.159 e. The number of nitriles is 1. The third-order valence-corrected chi connectivity index (χ3v) is 4.73. The highest BCUT2D eigenvalue weighted by atomic mass is 15.3. The van der Waals surface area contributed by atoms with Crippen LogP contribution in [0.4, 0.5) is 11.5 Å². The van der Waals surface area contributed by atoms with E-state index in [9.17, 15) is 5.26 Å². The van der Waals surface area contributed by atoms with Crippen molar-refractivity contribution in [1.82, 2.24) is 24.7 Å². The molecule has 0 aromatic carbocycles. The second-order valence-electron chi connectivity index (χ2n) is 6.55. The molecule has 27 heavy (non-hydrogen) atoms. The van der Waals surface area contributed by atoms with E-state index in [2.05, 4.69) is 35.9 Å². The zero-order valence-electron chi connectivity index (χ0n) is 15.4. The van der Waals surface area contributed by atoms with Gasteiger partial charge in [0, 0.05) is 44.1 Å². The summed E-state index contributed by atoms with van der Waals surface area (Å²) >= 11 is 0. The van der Waals surface area contributed by atoms with Gasteiger partial charge in [-0.15, -0.1) is 0 Å². The Balaban J connectivity index is 1.51. The Morgan fingerprint density at radius 2 is 1.74 bits per heavy atom. The Labute approximate surface area is 157 Å². The molecule has 4 heterocycles. The average Bonchev–Trinajstić information content (AvgIpc) is 3.06. The molecule has 0 atom stereocenters. The first-order valence-corrected chi connectivity index (χ1v) is 8.85. The van der Waals surface area contributed by atoms with Crippen molar-refractivity contribution < 1.29 is 0 Å². The standard InChI is InChI=1S/C19H20N8/c1-14-9-15(2)27(24-14)19-10-18(22-13-23-19)26-7-5-25(6-8-26)17-12-21-4-3-16(17)11-20/h3-4,9-10,12-13H,5-8H2,1-2H3. The Morgan fingerprint density at radius 3 is 2.44 bits per heavy atom. The van der Waals surface area contributed by atoms with Crippen LogP contribution in [0, 0.1) is 25.2 Å². The van der Waals surface area contributed by atoms with Crippen LogP contribution in [-0.2, 0) is 0 Å². The molecule has 4 rings (SSSR count). The number of piperazine rings is 1. The van der Waals surface area contributed by atoms with E-state index < -0.39 is 0 Å². The van der Waals surface area contributed by atoms with E-state index in [-0.39, 0.29) is 0 Å². The third-order valence-electron chi connectivity index (χ3n) is 4.73. The van der Waals surface area contributed by atoms with Crippen LogP contribution in [0.25, 0.3) is 5.82 Å². The lowest BCUT2D eigenvalue weighted by Gasteiger charge is -2.36. The predicted octanol–water partition coefficient (Wildman–Crippen LogP) is 1.87. The van der Waals surface area contributed by atoms with E-state index >= 15 is 0 Å². The topological polar surface area (TPSA) is 86.8 Å². The zero-order valence-corrected chi connectivity index (χ0v) is 15.4. The monoisotopic (exact) mass is 360 g/mol. The minimum Gasteiger partial charge on any atom is -0.366 e. The van der Waals surface area contributed by atoms with E-state index in [1.165, 1.54) is 0 Å². The number of pyridine rings is 1. The van der Waals surface area contributed by atoms with E-state index in [1.54, 1.807) is 24.8 Å². The molecule has 0 saturated carbocycles. The molecule has 0 bridgehead atoms. The maximum atomic E-state index is 9.30. The first-order chi connectivity index (χ1) is 13.2. The maximum absolute atomic E-state index is 9.30. The lowest BCUT2D eigenvalue weighted by Crippen LogP contribution is -2.47. The predicted molar refractivity (Wildman–Crippen MR) is 102 cm³/mol. The van der Waals surface area contributed by atoms with Crippen LogP contribution in [0.2, 0.25) is 0 Å². The van der Waals surface area contributed by atoms with E-state index in [4.69, 9.17) is 0 Å². The number of nitrogens with zero attached hydrogens (tertiary/aromatic N) is 8. The Bertz CT molecular complexity index is 995. The molecule has 1 saturated heterocycles. The molecular weight excluding hydrogens is 340 g/mol. The zero-order chi connectivity index (χ0) is 18.8. The SMILES string of the molecule is Cc1cc(C)n(-c2cc(N3CCN(c4cnccc4C#N)CC3)ncn2)n1. The molecule has 0 aliphatic carbocycles. The highest BCUT2D eigenvalue weighted by Crippen LogP contribution is 2.22. The van der Waals surface area contributed by atoms with Gasteiger partial charge in [0.25, 0.3) is 0 Å². The Hall–Kier alpha value is -3.47. The van der Waals surface area contributed by atoms with Crippen LogP contribution < -0.4 is 9.80 Å². The normalized spacial score (nSPS) is 14.3. The summed E-state index contributed by atoms with van der Waals surface area (Å²) in [6, 6.07) is 8.00. The lowest BCUT2D eigenvalue weighted by molar-refractivity contribution is 0.644. The molecule has 3 aromatic heterocycles. The minimum atomic E-state index is 0.660. The van der Waals surface area contributed by atoms with Gasteiger partial charge >= 0.3 is 0 Å². The van der Waals surface area contributed by atoms with Crippen molar-refractivity contribution in [3.05, 3.63) is 53.9 Å². The summed E-state index contributed by atoms with van der Waals surface area (Å²) in [4.78, 5) is 17.4. The molecular formula is C19H20N8. The van der Waals surface area contributed by atoms with Crippen molar-refractivity contribution in [2.45, 2.75) is 13.8 Å². The summed E-state index contributed by atoms with van der Waals surface area (Å²) in [5, 5.41) is 13.8. The second kappa shape index (κ2) is 7.03. The summed E-state index contributed by atoms with van der Waals surface area (Å²) in [6.45, 7) is 7.22. The Morgan fingerprint density at radius 1 is 1.00 bits per heavy atom. The molecule has 1 fully saturated rings. The largest absolute Gasteiger partial charge is 0.366 e. The second-order valence-corrected chi connectivity index (χ2v) is 6.55. The molecule has 8 nitrogen and oxygen atoms in total. The molecule has 3 aromatic rings. The summed E-state index contributed by atoms with van der Waals surface area (Å²) in [7, 11) is 0. The van der Waals surface area contributed by atoms with Gasteiger partial charge in [0.15, 0.2) is 5.82 Å². The molecule has 8 heteroatoms. The van der Waals surface area contributed by atoms with Crippen LogP contribution in [0.5, 0.6) is 0 Å². The van der Waals surface area contributed by atoms with Crippen molar-refractivity contribution in [2.75, 3.05) is 36.0 Å². The van der Waals surface area contributed by atoms with Crippen LogP contribution in [0.15, 0.2) is 36.9 Å². The van der Waals surface area contributed by atoms with E-state index in [0.717, 1.165) is 54.9 Å². The van der Waals surface area contributed by atoms with Gasteiger partial charge in [-0.2, -0.15) is 10.4 Å². The van der Waals surface area contributed by atoms with Gasteiger partial charge < -0.3 is 9.80 Å². The first kappa shape index (κ1) is 17.0. The number of hydrogen-bond acceptors (Lipinski definition) is 7. The quantitative estimate of drug-likeness (QED) is 0.705. The molecule has 0 amide bonds. The van der Waals surface area contributed by atoms with E-state index in [1.807, 2.05) is 30.7 Å². The minimum absolute atomic E-state index is 0.660.